The molecule has 1 unspecified atom stereocenters. The van der Waals surface area contributed by atoms with Crippen molar-refractivity contribution in [1.29, 1.82) is 0 Å². The smallest absolute Gasteiger partial charge is 0.255 e. The molecule has 160 valence electrons. The maximum atomic E-state index is 12.9. The summed E-state index contributed by atoms with van der Waals surface area (Å²) in [5, 5.41) is 3.01. The number of nitrogens with zero attached hydrogens (tertiary/aromatic N) is 1. The minimum absolute atomic E-state index is 0. The molecule has 30 heavy (non-hydrogen) atoms. The van der Waals surface area contributed by atoms with Gasteiger partial charge in [-0.15, -0.1) is 12.4 Å². The Labute approximate surface area is 184 Å². The molecule has 5 nitrogen and oxygen atoms in total. The second-order valence-corrected chi connectivity index (χ2v) is 8.25. The van der Waals surface area contributed by atoms with Crippen molar-refractivity contribution in [3.8, 4) is 5.75 Å². The summed E-state index contributed by atoms with van der Waals surface area (Å²) in [4.78, 5) is 27.9. The number of anilines is 1. The number of Topliss-reactive ketones (excluding diaryl/α,β-unsaturated/α-hetero) is 1. The number of hydrogen-bond donors (Lipinski definition) is 1. The van der Waals surface area contributed by atoms with Crippen LogP contribution in [0.25, 0.3) is 0 Å². The van der Waals surface area contributed by atoms with Gasteiger partial charge < -0.3 is 10.1 Å². The summed E-state index contributed by atoms with van der Waals surface area (Å²) in [6, 6.07) is 11.7. The van der Waals surface area contributed by atoms with E-state index in [1.165, 1.54) is 37.6 Å². The third-order valence-electron chi connectivity index (χ3n) is 6.05. The van der Waals surface area contributed by atoms with E-state index in [9.17, 15) is 9.59 Å². The molecule has 4 rings (SSSR count). The van der Waals surface area contributed by atoms with E-state index >= 15 is 0 Å². The third-order valence-corrected chi connectivity index (χ3v) is 6.05. The first kappa shape index (κ1) is 22.3. The number of carbonyl (C=O) groups excluding carboxylic acids is 2. The molecule has 1 fully saturated rings. The normalized spacial score (nSPS) is 17.7. The summed E-state index contributed by atoms with van der Waals surface area (Å²) in [7, 11) is 1.53. The summed E-state index contributed by atoms with van der Waals surface area (Å²) in [5.74, 6) is 0.0728. The van der Waals surface area contributed by atoms with Crippen molar-refractivity contribution in [3.05, 3.63) is 58.7 Å². The third kappa shape index (κ3) is 4.23. The molecule has 0 radical (unpaired) electrons. The molecule has 0 saturated carbocycles. The van der Waals surface area contributed by atoms with Crippen LogP contribution in [0.15, 0.2) is 36.4 Å². The standard InChI is InChI=1S/C24H28N2O3.ClH/c1-15(2)23(27)20-13-17(7-9-22(20)29-3)24(28)25-18-8-6-16-10-12-26-11-4-5-21(26)19(16)14-18;/h6-9,13-15,21H,4-5,10-12H2,1-3H3,(H,25,28);1H. The van der Waals surface area contributed by atoms with Gasteiger partial charge in [0.1, 0.15) is 5.75 Å². The number of amides is 1. The molecule has 2 heterocycles. The lowest BCUT2D eigenvalue weighted by Gasteiger charge is -2.32. The van der Waals surface area contributed by atoms with Gasteiger partial charge in [-0.3, -0.25) is 14.5 Å². The molecule has 1 atom stereocenters. The second kappa shape index (κ2) is 9.19. The van der Waals surface area contributed by atoms with E-state index in [2.05, 4.69) is 22.3 Å². The van der Waals surface area contributed by atoms with Gasteiger partial charge in [0.15, 0.2) is 5.78 Å². The largest absolute Gasteiger partial charge is 0.496 e. The summed E-state index contributed by atoms with van der Waals surface area (Å²) in [6.45, 7) is 5.98. The zero-order valence-corrected chi connectivity index (χ0v) is 18.6. The Balaban J connectivity index is 0.00000256. The topological polar surface area (TPSA) is 58.6 Å². The van der Waals surface area contributed by atoms with Gasteiger partial charge in [-0.1, -0.05) is 19.9 Å². The Bertz CT molecular complexity index is 957. The van der Waals surface area contributed by atoms with E-state index < -0.39 is 0 Å². The molecule has 2 aromatic rings. The molecular weight excluding hydrogens is 400 g/mol. The minimum Gasteiger partial charge on any atom is -0.496 e. The summed E-state index contributed by atoms with van der Waals surface area (Å²) in [6.07, 6.45) is 3.49. The van der Waals surface area contributed by atoms with Gasteiger partial charge in [-0.2, -0.15) is 0 Å². The van der Waals surface area contributed by atoms with Crippen molar-refractivity contribution in [3.63, 3.8) is 0 Å². The van der Waals surface area contributed by atoms with E-state index in [-0.39, 0.29) is 30.0 Å². The highest BCUT2D eigenvalue weighted by atomic mass is 35.5. The van der Waals surface area contributed by atoms with Gasteiger partial charge in [0.25, 0.3) is 5.91 Å². The SMILES string of the molecule is COc1ccc(C(=O)Nc2ccc3c(c2)C2CCCN2CC3)cc1C(=O)C(C)C.Cl. The number of ketones is 1. The first-order valence-electron chi connectivity index (χ1n) is 10.4. The predicted molar refractivity (Wildman–Crippen MR) is 121 cm³/mol. The molecule has 0 bridgehead atoms. The fraction of sp³-hybridized carbons (Fsp3) is 0.417. The monoisotopic (exact) mass is 428 g/mol. The van der Waals surface area contributed by atoms with Crippen molar-refractivity contribution in [1.82, 2.24) is 4.90 Å². The Morgan fingerprint density at radius 3 is 2.67 bits per heavy atom. The average Bonchev–Trinajstić information content (AvgIpc) is 3.22. The van der Waals surface area contributed by atoms with Crippen molar-refractivity contribution in [2.24, 2.45) is 5.92 Å². The van der Waals surface area contributed by atoms with Crippen LogP contribution in [0.1, 0.15) is 64.6 Å². The number of rotatable bonds is 5. The zero-order valence-electron chi connectivity index (χ0n) is 17.7. The van der Waals surface area contributed by atoms with Crippen molar-refractivity contribution >= 4 is 29.8 Å². The average molecular weight is 429 g/mol. The van der Waals surface area contributed by atoms with Crippen LogP contribution in [0.2, 0.25) is 0 Å². The van der Waals surface area contributed by atoms with Crippen LogP contribution in [-0.2, 0) is 6.42 Å². The summed E-state index contributed by atoms with van der Waals surface area (Å²) >= 11 is 0. The van der Waals surface area contributed by atoms with Gasteiger partial charge in [-0.25, -0.2) is 0 Å². The number of ether oxygens (including phenoxy) is 1. The number of carbonyl (C=O) groups is 2. The molecule has 1 saturated heterocycles. The molecule has 1 N–H and O–H groups in total. The van der Waals surface area contributed by atoms with Crippen LogP contribution in [0.5, 0.6) is 5.75 Å². The van der Waals surface area contributed by atoms with Gasteiger partial charge in [-0.05, 0) is 67.3 Å². The zero-order chi connectivity index (χ0) is 20.5. The molecule has 2 aliphatic rings. The van der Waals surface area contributed by atoms with Crippen LogP contribution >= 0.6 is 12.4 Å². The Hall–Kier alpha value is -2.37. The highest BCUT2D eigenvalue weighted by Crippen LogP contribution is 2.38. The molecule has 2 aromatic carbocycles. The second-order valence-electron chi connectivity index (χ2n) is 8.25. The number of fused-ring (bicyclic) bond motifs is 3. The number of halogens is 1. The molecule has 0 aromatic heterocycles. The lowest BCUT2D eigenvalue weighted by Crippen LogP contribution is -2.31. The van der Waals surface area contributed by atoms with Crippen LogP contribution in [0.4, 0.5) is 5.69 Å². The highest BCUT2D eigenvalue weighted by molar-refractivity contribution is 6.07. The van der Waals surface area contributed by atoms with Crippen LogP contribution < -0.4 is 10.1 Å². The molecule has 6 heteroatoms. The van der Waals surface area contributed by atoms with Crippen LogP contribution in [0, 0.1) is 5.92 Å². The first-order valence-corrected chi connectivity index (χ1v) is 10.4. The number of methoxy groups -OCH3 is 1. The first-order chi connectivity index (χ1) is 14.0. The maximum Gasteiger partial charge on any atom is 0.255 e. The van der Waals surface area contributed by atoms with E-state index in [0.717, 1.165) is 18.7 Å². The molecule has 2 aliphatic heterocycles. The van der Waals surface area contributed by atoms with Crippen molar-refractivity contribution < 1.29 is 14.3 Å². The summed E-state index contributed by atoms with van der Waals surface area (Å²) < 4.78 is 5.31. The lowest BCUT2D eigenvalue weighted by atomic mass is 9.92. The number of benzene rings is 2. The van der Waals surface area contributed by atoms with Crippen molar-refractivity contribution in [2.75, 3.05) is 25.5 Å². The summed E-state index contributed by atoms with van der Waals surface area (Å²) in [5.41, 5.74) is 4.43. The predicted octanol–water partition coefficient (Wildman–Crippen LogP) is 4.90. The van der Waals surface area contributed by atoms with Crippen molar-refractivity contribution in [2.45, 2.75) is 39.2 Å². The Morgan fingerprint density at radius 1 is 1.13 bits per heavy atom. The highest BCUT2D eigenvalue weighted by Gasteiger charge is 2.31. The van der Waals surface area contributed by atoms with Crippen LogP contribution in [-0.4, -0.2) is 36.8 Å². The van der Waals surface area contributed by atoms with E-state index in [0.29, 0.717) is 22.9 Å². The fourth-order valence-corrected chi connectivity index (χ4v) is 4.48. The number of hydrogen-bond acceptors (Lipinski definition) is 4. The fourth-order valence-electron chi connectivity index (χ4n) is 4.48. The van der Waals surface area contributed by atoms with E-state index in [4.69, 9.17) is 4.74 Å². The Kier molecular flexibility index (Phi) is 6.84. The van der Waals surface area contributed by atoms with E-state index in [1.54, 1.807) is 18.2 Å². The van der Waals surface area contributed by atoms with Gasteiger partial charge in [0.05, 0.1) is 12.7 Å². The van der Waals surface area contributed by atoms with Gasteiger partial charge in [0.2, 0.25) is 0 Å². The van der Waals surface area contributed by atoms with Gasteiger partial charge in [0, 0.05) is 29.8 Å². The molecule has 1 amide bonds. The molecule has 0 aliphatic carbocycles. The number of nitrogens with one attached hydrogen (secondary N) is 1. The lowest BCUT2D eigenvalue weighted by molar-refractivity contribution is 0.0936. The van der Waals surface area contributed by atoms with Crippen LogP contribution in [0.3, 0.4) is 0 Å². The minimum atomic E-state index is -0.218. The van der Waals surface area contributed by atoms with Gasteiger partial charge >= 0.3 is 0 Å². The molecule has 0 spiro atoms. The Morgan fingerprint density at radius 2 is 1.93 bits per heavy atom. The molecular formula is C24H29ClN2O3. The van der Waals surface area contributed by atoms with E-state index in [1.807, 2.05) is 19.9 Å². The maximum absolute atomic E-state index is 12.9. The quantitative estimate of drug-likeness (QED) is 0.688.